The quantitative estimate of drug-likeness (QED) is 0.729. The first-order chi connectivity index (χ1) is 9.56. The van der Waals surface area contributed by atoms with Gasteiger partial charge in [-0.3, -0.25) is 4.79 Å². The molecule has 1 aliphatic heterocycles. The van der Waals surface area contributed by atoms with E-state index in [2.05, 4.69) is 26.2 Å². The van der Waals surface area contributed by atoms with Gasteiger partial charge in [0.1, 0.15) is 17.8 Å². The van der Waals surface area contributed by atoms with Crippen LogP contribution in [0.5, 0.6) is 0 Å². The van der Waals surface area contributed by atoms with Crippen molar-refractivity contribution in [2.75, 3.05) is 6.54 Å². The zero-order valence-corrected chi connectivity index (χ0v) is 13.1. The number of nitrogens with one attached hydrogen (secondary N) is 2. The third kappa shape index (κ3) is 4.64. The number of H-pyrrole nitrogens is 1. The minimum Gasteiger partial charge on any atom is -0.480 e. The average Bonchev–Trinajstić information content (AvgIpc) is 2.88. The fraction of sp³-hybridized carbons (Fsp3) is 0.538. The molecule has 1 aromatic rings. The van der Waals surface area contributed by atoms with Gasteiger partial charge in [-0.1, -0.05) is 13.8 Å². The molecule has 0 aliphatic carbocycles. The van der Waals surface area contributed by atoms with E-state index in [0.717, 1.165) is 4.47 Å². The van der Waals surface area contributed by atoms with Crippen LogP contribution in [0.4, 0.5) is 0 Å². The first kappa shape index (κ1) is 16.7. The molecule has 0 radical (unpaired) electrons. The summed E-state index contributed by atoms with van der Waals surface area (Å²) in [5.41, 5.74) is 0.354. The summed E-state index contributed by atoms with van der Waals surface area (Å²) in [5, 5.41) is 11.8. The van der Waals surface area contributed by atoms with Crippen LogP contribution in [-0.4, -0.2) is 40.7 Å². The van der Waals surface area contributed by atoms with Gasteiger partial charge >= 0.3 is 11.9 Å². The van der Waals surface area contributed by atoms with Gasteiger partial charge in [-0.25, -0.2) is 4.79 Å². The number of hydrogen-bond acceptors (Lipinski definition) is 4. The number of ether oxygens (including phenoxy) is 1. The molecule has 0 aromatic carbocycles. The van der Waals surface area contributed by atoms with Gasteiger partial charge in [0.15, 0.2) is 0 Å². The molecule has 6 nitrogen and oxygen atoms in total. The summed E-state index contributed by atoms with van der Waals surface area (Å²) >= 11 is 3.23. The van der Waals surface area contributed by atoms with Gasteiger partial charge in [0.25, 0.3) is 0 Å². The number of carboxylic acid groups (broad SMARTS) is 1. The van der Waals surface area contributed by atoms with Gasteiger partial charge in [-0.15, -0.1) is 0 Å². The number of hydrogen-bond donors (Lipinski definition) is 3. The van der Waals surface area contributed by atoms with E-state index in [9.17, 15) is 9.59 Å². The second-order valence-electron chi connectivity index (χ2n) is 4.13. The number of halogens is 1. The number of aliphatic carboxylic acids is 1. The highest BCUT2D eigenvalue weighted by atomic mass is 79.9. The van der Waals surface area contributed by atoms with E-state index in [1.807, 2.05) is 13.8 Å². The van der Waals surface area contributed by atoms with Crippen LogP contribution < -0.4 is 5.32 Å². The normalized spacial score (nSPS) is 21.6. The molecule has 1 fully saturated rings. The molecule has 0 unspecified atom stereocenters. The summed E-state index contributed by atoms with van der Waals surface area (Å²) in [6.07, 6.45) is 2.20. The Kier molecular flexibility index (Phi) is 6.74. The zero-order chi connectivity index (χ0) is 15.1. The van der Waals surface area contributed by atoms with Crippen molar-refractivity contribution in [1.29, 1.82) is 0 Å². The second-order valence-corrected chi connectivity index (χ2v) is 5.04. The summed E-state index contributed by atoms with van der Waals surface area (Å²) in [7, 11) is 0. The molecule has 1 aliphatic rings. The summed E-state index contributed by atoms with van der Waals surface area (Å²) in [5.74, 6) is -1.38. The van der Waals surface area contributed by atoms with Crippen LogP contribution in [0.1, 0.15) is 37.2 Å². The van der Waals surface area contributed by atoms with Crippen LogP contribution in [-0.2, 0) is 9.53 Å². The predicted molar refractivity (Wildman–Crippen MR) is 77.7 cm³/mol. The molecular weight excluding hydrogens is 328 g/mol. The van der Waals surface area contributed by atoms with Gasteiger partial charge < -0.3 is 20.1 Å². The van der Waals surface area contributed by atoms with E-state index in [4.69, 9.17) is 9.84 Å². The SMILES string of the molecule is CC.O=C(O[C@@H]1CCN[C@@H](C(=O)O)C1)c1cc(Br)c[nH]1. The molecular formula is C13H19BrN2O4. The molecule has 0 amide bonds. The monoisotopic (exact) mass is 346 g/mol. The van der Waals surface area contributed by atoms with Crippen molar-refractivity contribution in [2.45, 2.75) is 38.8 Å². The highest BCUT2D eigenvalue weighted by molar-refractivity contribution is 9.10. The Labute approximate surface area is 126 Å². The Hall–Kier alpha value is -1.34. The number of carboxylic acids is 1. The van der Waals surface area contributed by atoms with Crippen LogP contribution in [0.15, 0.2) is 16.7 Å². The first-order valence-corrected chi connectivity index (χ1v) is 7.36. The lowest BCUT2D eigenvalue weighted by atomic mass is 10.0. The fourth-order valence-corrected chi connectivity index (χ4v) is 2.22. The molecule has 3 N–H and O–H groups in total. The summed E-state index contributed by atoms with van der Waals surface area (Å²) < 4.78 is 6.04. The van der Waals surface area contributed by atoms with E-state index in [1.165, 1.54) is 0 Å². The largest absolute Gasteiger partial charge is 0.480 e. The van der Waals surface area contributed by atoms with Gasteiger partial charge in [0, 0.05) is 17.1 Å². The Bertz CT molecular complexity index is 461. The van der Waals surface area contributed by atoms with Crippen LogP contribution in [0.25, 0.3) is 0 Å². The average molecular weight is 347 g/mol. The van der Waals surface area contributed by atoms with Gasteiger partial charge in [0.05, 0.1) is 0 Å². The van der Waals surface area contributed by atoms with Gasteiger partial charge in [0.2, 0.25) is 0 Å². The van der Waals surface area contributed by atoms with Crippen LogP contribution in [0, 0.1) is 0 Å². The maximum atomic E-state index is 11.8. The van der Waals surface area contributed by atoms with Crippen molar-refractivity contribution in [3.8, 4) is 0 Å². The summed E-state index contributed by atoms with van der Waals surface area (Å²) in [4.78, 5) is 25.4. The first-order valence-electron chi connectivity index (χ1n) is 6.57. The molecule has 2 heterocycles. The molecule has 0 saturated carbocycles. The van der Waals surface area contributed by atoms with Gasteiger partial charge in [-0.05, 0) is 35.0 Å². The topological polar surface area (TPSA) is 91.4 Å². The maximum absolute atomic E-state index is 11.8. The number of carbonyl (C=O) groups is 2. The molecule has 0 bridgehead atoms. The zero-order valence-electron chi connectivity index (χ0n) is 11.5. The lowest BCUT2D eigenvalue weighted by molar-refractivity contribution is -0.141. The van der Waals surface area contributed by atoms with E-state index in [1.54, 1.807) is 12.3 Å². The van der Waals surface area contributed by atoms with Crippen LogP contribution in [0.2, 0.25) is 0 Å². The number of esters is 1. The molecule has 20 heavy (non-hydrogen) atoms. The summed E-state index contributed by atoms with van der Waals surface area (Å²) in [6.45, 7) is 4.53. The van der Waals surface area contributed by atoms with Crippen molar-refractivity contribution in [3.63, 3.8) is 0 Å². The van der Waals surface area contributed by atoms with Crippen molar-refractivity contribution in [3.05, 3.63) is 22.4 Å². The Morgan fingerprint density at radius 1 is 1.45 bits per heavy atom. The number of piperidine rings is 1. The number of rotatable bonds is 3. The molecule has 0 spiro atoms. The second kappa shape index (κ2) is 8.06. The third-order valence-corrected chi connectivity index (χ3v) is 3.25. The van der Waals surface area contributed by atoms with E-state index < -0.39 is 18.0 Å². The highest BCUT2D eigenvalue weighted by Crippen LogP contribution is 2.16. The molecule has 1 aromatic heterocycles. The fourth-order valence-electron chi connectivity index (χ4n) is 1.88. The van der Waals surface area contributed by atoms with Crippen molar-refractivity contribution in [2.24, 2.45) is 0 Å². The van der Waals surface area contributed by atoms with Crippen molar-refractivity contribution < 1.29 is 19.4 Å². The van der Waals surface area contributed by atoms with Gasteiger partial charge in [-0.2, -0.15) is 0 Å². The lowest BCUT2D eigenvalue weighted by Gasteiger charge is -2.27. The molecule has 7 heteroatoms. The Balaban J connectivity index is 0.000000956. The molecule has 2 atom stereocenters. The van der Waals surface area contributed by atoms with Crippen molar-refractivity contribution >= 4 is 27.9 Å². The Morgan fingerprint density at radius 2 is 2.15 bits per heavy atom. The number of aromatic amines is 1. The van der Waals surface area contributed by atoms with E-state index in [-0.39, 0.29) is 6.10 Å². The smallest absolute Gasteiger partial charge is 0.355 e. The van der Waals surface area contributed by atoms with E-state index >= 15 is 0 Å². The highest BCUT2D eigenvalue weighted by Gasteiger charge is 2.29. The number of carbonyl (C=O) groups excluding carboxylic acids is 1. The third-order valence-electron chi connectivity index (χ3n) is 2.80. The predicted octanol–water partition coefficient (Wildman–Crippen LogP) is 2.17. The minimum atomic E-state index is -0.918. The van der Waals surface area contributed by atoms with E-state index in [0.29, 0.717) is 25.1 Å². The van der Waals surface area contributed by atoms with Crippen molar-refractivity contribution in [1.82, 2.24) is 10.3 Å². The minimum absolute atomic E-state index is 0.295. The van der Waals surface area contributed by atoms with Crippen LogP contribution >= 0.6 is 15.9 Å². The number of aromatic nitrogens is 1. The summed E-state index contributed by atoms with van der Waals surface area (Å²) in [6, 6.07) is 0.977. The Morgan fingerprint density at radius 3 is 2.70 bits per heavy atom. The molecule has 2 rings (SSSR count). The maximum Gasteiger partial charge on any atom is 0.355 e. The van der Waals surface area contributed by atoms with Crippen LogP contribution in [0.3, 0.4) is 0 Å². The standard InChI is InChI=1S/C11H13BrN2O4.C2H6/c12-6-3-9(14-5-6)11(17)18-7-1-2-13-8(4-7)10(15)16;1-2/h3,5,7-8,13-14H,1-2,4H2,(H,15,16);1-2H3/t7-,8-;/m1./s1. The lowest BCUT2D eigenvalue weighted by Crippen LogP contribution is -2.46. The molecule has 112 valence electrons. The molecule has 1 saturated heterocycles.